The molecule has 0 spiro atoms. The van der Waals surface area contributed by atoms with E-state index in [-0.39, 0.29) is 11.2 Å². The van der Waals surface area contributed by atoms with Gasteiger partial charge in [0.05, 0.1) is 0 Å². The third-order valence-corrected chi connectivity index (χ3v) is 8.29. The third-order valence-electron chi connectivity index (χ3n) is 8.29. The topological polar surface area (TPSA) is 77.0 Å². The standard InChI is InChI=1S/C35H40N4O/c1-6-7-11-20-34(2,3)27-22-29(35(4,5)26-12-9-8-10-13-26)33(40)32(23-27)39-37-30-19-16-25(21-31(30)38-39)24-14-17-28(36)18-15-24/h8-10,12-19,21-23,40H,6-7,11,20,36H2,1-5H3. The summed E-state index contributed by atoms with van der Waals surface area (Å²) >= 11 is 0. The average molecular weight is 533 g/mol. The Morgan fingerprint density at radius 3 is 2.12 bits per heavy atom. The molecule has 3 N–H and O–H groups in total. The molecule has 1 heterocycles. The van der Waals surface area contributed by atoms with Gasteiger partial charge in [-0.1, -0.05) is 108 Å². The van der Waals surface area contributed by atoms with Gasteiger partial charge >= 0.3 is 0 Å². The van der Waals surface area contributed by atoms with Gasteiger partial charge in [0.15, 0.2) is 0 Å². The van der Waals surface area contributed by atoms with Gasteiger partial charge in [0.1, 0.15) is 22.5 Å². The number of nitrogens with two attached hydrogens (primary N) is 1. The van der Waals surface area contributed by atoms with Crippen molar-refractivity contribution in [2.24, 2.45) is 0 Å². The van der Waals surface area contributed by atoms with E-state index in [1.54, 1.807) is 4.80 Å². The Morgan fingerprint density at radius 2 is 1.43 bits per heavy atom. The van der Waals surface area contributed by atoms with E-state index < -0.39 is 5.41 Å². The molecule has 0 saturated heterocycles. The van der Waals surface area contributed by atoms with Crippen molar-refractivity contribution in [1.82, 2.24) is 15.0 Å². The first-order chi connectivity index (χ1) is 19.1. The Balaban J connectivity index is 1.65. The van der Waals surface area contributed by atoms with E-state index in [1.807, 2.05) is 60.7 Å². The molecule has 0 aliphatic carbocycles. The molecule has 4 aromatic carbocycles. The Hall–Kier alpha value is -4.12. The number of nitrogens with zero attached hydrogens (tertiary/aromatic N) is 3. The Morgan fingerprint density at radius 1 is 0.750 bits per heavy atom. The van der Waals surface area contributed by atoms with Crippen LogP contribution in [0.3, 0.4) is 0 Å². The fourth-order valence-electron chi connectivity index (χ4n) is 5.49. The maximum atomic E-state index is 11.8. The molecule has 5 nitrogen and oxygen atoms in total. The highest BCUT2D eigenvalue weighted by molar-refractivity contribution is 5.81. The lowest BCUT2D eigenvalue weighted by Gasteiger charge is -2.32. The first-order valence-corrected chi connectivity index (χ1v) is 14.3. The zero-order chi connectivity index (χ0) is 28.5. The van der Waals surface area contributed by atoms with Gasteiger partial charge in [-0.25, -0.2) is 0 Å². The summed E-state index contributed by atoms with van der Waals surface area (Å²) in [6.07, 6.45) is 4.62. The van der Waals surface area contributed by atoms with E-state index in [1.165, 1.54) is 18.4 Å². The van der Waals surface area contributed by atoms with E-state index >= 15 is 0 Å². The summed E-state index contributed by atoms with van der Waals surface area (Å²) in [7, 11) is 0. The first kappa shape index (κ1) is 27.4. The van der Waals surface area contributed by atoms with Crippen molar-refractivity contribution >= 4 is 16.7 Å². The SMILES string of the molecule is CCCCCC(C)(C)c1cc(-n2nc3ccc(-c4ccc(N)cc4)cc3n2)c(O)c(C(C)(C)c2ccccc2)c1. The number of phenols is 1. The van der Waals surface area contributed by atoms with Gasteiger partial charge in [-0.05, 0) is 64.4 Å². The van der Waals surface area contributed by atoms with Crippen LogP contribution in [0.15, 0.2) is 84.9 Å². The van der Waals surface area contributed by atoms with Crippen LogP contribution in [0.25, 0.3) is 27.8 Å². The van der Waals surface area contributed by atoms with Crippen molar-refractivity contribution in [3.8, 4) is 22.6 Å². The van der Waals surface area contributed by atoms with Crippen LogP contribution in [0.4, 0.5) is 5.69 Å². The Bertz CT molecular complexity index is 1620. The highest BCUT2D eigenvalue weighted by Crippen LogP contribution is 2.43. The molecule has 5 aromatic rings. The molecule has 0 atom stereocenters. The monoisotopic (exact) mass is 532 g/mol. The number of benzene rings is 4. The molecule has 206 valence electrons. The van der Waals surface area contributed by atoms with E-state index in [0.29, 0.717) is 5.69 Å². The molecule has 0 unspecified atom stereocenters. The smallest absolute Gasteiger partial charge is 0.147 e. The van der Waals surface area contributed by atoms with Gasteiger partial charge < -0.3 is 10.8 Å². The summed E-state index contributed by atoms with van der Waals surface area (Å²) in [6, 6.07) is 28.5. The minimum absolute atomic E-state index is 0.0754. The number of unbranched alkanes of at least 4 members (excludes halogenated alkanes) is 2. The van der Waals surface area contributed by atoms with Gasteiger partial charge in [-0.2, -0.15) is 0 Å². The van der Waals surface area contributed by atoms with Gasteiger partial charge in [0.25, 0.3) is 0 Å². The minimum atomic E-state index is -0.426. The second-order valence-electron chi connectivity index (χ2n) is 12.0. The first-order valence-electron chi connectivity index (χ1n) is 14.3. The molecule has 40 heavy (non-hydrogen) atoms. The van der Waals surface area contributed by atoms with Crippen molar-refractivity contribution < 1.29 is 5.11 Å². The Labute approximate surface area is 237 Å². The number of hydrogen-bond donors (Lipinski definition) is 2. The number of aromatic nitrogens is 3. The van der Waals surface area contributed by atoms with Crippen LogP contribution in [0.2, 0.25) is 0 Å². The summed E-state index contributed by atoms with van der Waals surface area (Å²) in [6.45, 7) is 11.2. The zero-order valence-electron chi connectivity index (χ0n) is 24.3. The summed E-state index contributed by atoms with van der Waals surface area (Å²) in [5.41, 5.74) is 13.6. The molecule has 5 rings (SSSR count). The van der Waals surface area contributed by atoms with Crippen LogP contribution in [0.1, 0.15) is 77.0 Å². The van der Waals surface area contributed by atoms with Crippen molar-refractivity contribution in [2.45, 2.75) is 71.1 Å². The molecule has 0 aliphatic heterocycles. The van der Waals surface area contributed by atoms with Crippen LogP contribution in [0.5, 0.6) is 5.75 Å². The van der Waals surface area contributed by atoms with Crippen LogP contribution < -0.4 is 5.73 Å². The number of hydrogen-bond acceptors (Lipinski definition) is 4. The predicted octanol–water partition coefficient (Wildman–Crippen LogP) is 8.56. The van der Waals surface area contributed by atoms with Crippen molar-refractivity contribution in [1.29, 1.82) is 0 Å². The highest BCUT2D eigenvalue weighted by atomic mass is 16.3. The van der Waals surface area contributed by atoms with E-state index in [0.717, 1.165) is 51.8 Å². The number of aromatic hydroxyl groups is 1. The van der Waals surface area contributed by atoms with Crippen molar-refractivity contribution in [3.63, 3.8) is 0 Å². The van der Waals surface area contributed by atoms with Gasteiger partial charge in [-0.3, -0.25) is 0 Å². The zero-order valence-corrected chi connectivity index (χ0v) is 24.3. The van der Waals surface area contributed by atoms with Gasteiger partial charge in [0.2, 0.25) is 0 Å². The average Bonchev–Trinajstić information content (AvgIpc) is 3.37. The lowest BCUT2D eigenvalue weighted by molar-refractivity contribution is 0.433. The Kier molecular flexibility index (Phi) is 7.41. The minimum Gasteiger partial charge on any atom is -0.505 e. The van der Waals surface area contributed by atoms with Gasteiger partial charge in [-0.15, -0.1) is 15.0 Å². The maximum absolute atomic E-state index is 11.8. The van der Waals surface area contributed by atoms with Crippen molar-refractivity contribution in [3.05, 3.63) is 102 Å². The number of fused-ring (bicyclic) bond motifs is 1. The maximum Gasteiger partial charge on any atom is 0.147 e. The van der Waals surface area contributed by atoms with Crippen molar-refractivity contribution in [2.75, 3.05) is 5.73 Å². The summed E-state index contributed by atoms with van der Waals surface area (Å²) in [4.78, 5) is 1.60. The number of rotatable bonds is 9. The predicted molar refractivity (Wildman–Crippen MR) is 166 cm³/mol. The van der Waals surface area contributed by atoms with Crippen LogP contribution >= 0.6 is 0 Å². The lowest BCUT2D eigenvalue weighted by atomic mass is 9.73. The molecule has 0 saturated carbocycles. The van der Waals surface area contributed by atoms with Crippen LogP contribution in [0, 0.1) is 0 Å². The number of phenolic OH excluding ortho intramolecular Hbond substituents is 1. The lowest BCUT2D eigenvalue weighted by Crippen LogP contribution is -2.23. The molecular weight excluding hydrogens is 492 g/mol. The molecule has 0 fully saturated rings. The summed E-state index contributed by atoms with van der Waals surface area (Å²) in [5.74, 6) is 0.209. The fraction of sp³-hybridized carbons (Fsp3) is 0.314. The normalized spacial score (nSPS) is 12.2. The number of nitrogen functional groups attached to an aromatic ring is 1. The summed E-state index contributed by atoms with van der Waals surface area (Å²) in [5, 5.41) is 21.5. The summed E-state index contributed by atoms with van der Waals surface area (Å²) < 4.78 is 0. The second kappa shape index (κ2) is 10.8. The largest absolute Gasteiger partial charge is 0.505 e. The molecule has 0 radical (unpaired) electrons. The third kappa shape index (κ3) is 5.33. The molecule has 1 aromatic heterocycles. The van der Waals surface area contributed by atoms with Gasteiger partial charge in [0, 0.05) is 16.7 Å². The number of anilines is 1. The highest BCUT2D eigenvalue weighted by Gasteiger charge is 2.32. The quantitative estimate of drug-likeness (QED) is 0.147. The molecular formula is C35H40N4O. The van der Waals surface area contributed by atoms with Crippen LogP contribution in [-0.4, -0.2) is 20.1 Å². The van der Waals surface area contributed by atoms with E-state index in [4.69, 9.17) is 15.9 Å². The van der Waals surface area contributed by atoms with E-state index in [9.17, 15) is 5.11 Å². The fourth-order valence-corrected chi connectivity index (χ4v) is 5.49. The van der Waals surface area contributed by atoms with Crippen LogP contribution in [-0.2, 0) is 10.8 Å². The molecule has 0 aliphatic rings. The second-order valence-corrected chi connectivity index (χ2v) is 12.0. The molecule has 0 amide bonds. The molecule has 5 heteroatoms. The molecule has 0 bridgehead atoms. The van der Waals surface area contributed by atoms with E-state index in [2.05, 4.69) is 58.9 Å².